The summed E-state index contributed by atoms with van der Waals surface area (Å²) in [5, 5.41) is 12.9. The number of hydrogen-bond acceptors (Lipinski definition) is 2. The van der Waals surface area contributed by atoms with E-state index in [-0.39, 0.29) is 0 Å². The van der Waals surface area contributed by atoms with E-state index in [9.17, 15) is 0 Å². The SMILES string of the molecule is N#Cc1ccc(NC2CCCCCCC2)cc1Cl. The van der Waals surface area contributed by atoms with Crippen LogP contribution < -0.4 is 5.32 Å². The average molecular weight is 263 g/mol. The number of nitriles is 1. The average Bonchev–Trinajstić information content (AvgIpc) is 2.33. The summed E-state index contributed by atoms with van der Waals surface area (Å²) >= 11 is 6.04. The Balaban J connectivity index is 1.99. The second-order valence-electron chi connectivity index (χ2n) is 4.99. The molecule has 0 unspecified atom stereocenters. The minimum absolute atomic E-state index is 0.536. The van der Waals surface area contributed by atoms with E-state index in [2.05, 4.69) is 11.4 Å². The Morgan fingerprint density at radius 3 is 2.39 bits per heavy atom. The third-order valence-electron chi connectivity index (χ3n) is 3.57. The molecule has 0 bridgehead atoms. The molecule has 18 heavy (non-hydrogen) atoms. The van der Waals surface area contributed by atoms with Gasteiger partial charge in [-0.3, -0.25) is 0 Å². The van der Waals surface area contributed by atoms with Gasteiger partial charge in [-0.1, -0.05) is 43.7 Å². The van der Waals surface area contributed by atoms with Crippen LogP contribution in [0.3, 0.4) is 0 Å². The highest BCUT2D eigenvalue weighted by atomic mass is 35.5. The van der Waals surface area contributed by atoms with Crippen molar-refractivity contribution < 1.29 is 0 Å². The molecular weight excluding hydrogens is 244 g/mol. The molecule has 0 saturated heterocycles. The molecule has 0 radical (unpaired) electrons. The lowest BCUT2D eigenvalue weighted by Gasteiger charge is -2.22. The van der Waals surface area contributed by atoms with Crippen molar-refractivity contribution in [1.29, 1.82) is 5.26 Å². The number of anilines is 1. The van der Waals surface area contributed by atoms with Crippen LogP contribution in [0, 0.1) is 11.3 Å². The predicted octanol–water partition coefficient (Wildman–Crippen LogP) is 4.74. The molecule has 1 aromatic rings. The summed E-state index contributed by atoms with van der Waals surface area (Å²) in [6.45, 7) is 0. The van der Waals surface area contributed by atoms with Crippen molar-refractivity contribution >= 4 is 17.3 Å². The van der Waals surface area contributed by atoms with Gasteiger partial charge in [-0.2, -0.15) is 5.26 Å². The standard InChI is InChI=1S/C15H19ClN2/c16-15-10-14(9-8-12(15)11-17)18-13-6-4-2-1-3-5-7-13/h8-10,13,18H,1-7H2. The Labute approximate surface area is 114 Å². The summed E-state index contributed by atoms with van der Waals surface area (Å²) in [5.74, 6) is 0. The molecule has 0 heterocycles. The number of nitrogens with zero attached hydrogens (tertiary/aromatic N) is 1. The van der Waals surface area contributed by atoms with Gasteiger partial charge in [0.05, 0.1) is 10.6 Å². The highest BCUT2D eigenvalue weighted by molar-refractivity contribution is 6.32. The molecule has 0 aliphatic heterocycles. The van der Waals surface area contributed by atoms with Crippen molar-refractivity contribution in [2.24, 2.45) is 0 Å². The van der Waals surface area contributed by atoms with Crippen molar-refractivity contribution in [1.82, 2.24) is 0 Å². The minimum atomic E-state index is 0.536. The lowest BCUT2D eigenvalue weighted by Crippen LogP contribution is -2.20. The first kappa shape index (κ1) is 13.2. The van der Waals surface area contributed by atoms with Gasteiger partial charge < -0.3 is 5.32 Å². The lowest BCUT2D eigenvalue weighted by molar-refractivity contribution is 0.471. The van der Waals surface area contributed by atoms with Crippen LogP contribution in [0.15, 0.2) is 18.2 Å². The van der Waals surface area contributed by atoms with Crippen molar-refractivity contribution in [2.45, 2.75) is 51.0 Å². The quantitative estimate of drug-likeness (QED) is 0.836. The number of halogens is 1. The minimum Gasteiger partial charge on any atom is -0.382 e. The van der Waals surface area contributed by atoms with Gasteiger partial charge in [-0.15, -0.1) is 0 Å². The summed E-state index contributed by atoms with van der Waals surface area (Å²) in [6, 6.07) is 8.23. The maximum absolute atomic E-state index is 8.84. The van der Waals surface area contributed by atoms with Crippen molar-refractivity contribution in [3.8, 4) is 6.07 Å². The van der Waals surface area contributed by atoms with E-state index in [1.54, 1.807) is 6.07 Å². The normalized spacial score (nSPS) is 17.6. The summed E-state index contributed by atoms with van der Waals surface area (Å²) in [6.07, 6.45) is 9.17. The summed E-state index contributed by atoms with van der Waals surface area (Å²) in [5.41, 5.74) is 1.57. The molecule has 1 aliphatic carbocycles. The molecule has 2 nitrogen and oxygen atoms in total. The Bertz CT molecular complexity index is 429. The Morgan fingerprint density at radius 1 is 1.11 bits per heavy atom. The zero-order valence-electron chi connectivity index (χ0n) is 10.6. The highest BCUT2D eigenvalue weighted by Crippen LogP contribution is 2.24. The van der Waals surface area contributed by atoms with Crippen LogP contribution in [0.25, 0.3) is 0 Å². The van der Waals surface area contributed by atoms with Crippen molar-refractivity contribution in [3.63, 3.8) is 0 Å². The molecule has 1 aromatic carbocycles. The van der Waals surface area contributed by atoms with E-state index in [1.165, 1.54) is 44.9 Å². The maximum atomic E-state index is 8.84. The second-order valence-corrected chi connectivity index (χ2v) is 5.40. The molecule has 0 atom stereocenters. The first-order valence-corrected chi connectivity index (χ1v) is 7.13. The van der Waals surface area contributed by atoms with Crippen LogP contribution in [0.1, 0.15) is 50.5 Å². The van der Waals surface area contributed by atoms with Gasteiger partial charge in [0.25, 0.3) is 0 Å². The largest absolute Gasteiger partial charge is 0.382 e. The third kappa shape index (κ3) is 3.65. The van der Waals surface area contributed by atoms with Gasteiger partial charge in [0, 0.05) is 11.7 Å². The predicted molar refractivity (Wildman–Crippen MR) is 75.9 cm³/mol. The van der Waals surface area contributed by atoms with Gasteiger partial charge in [-0.05, 0) is 31.0 Å². The number of benzene rings is 1. The fraction of sp³-hybridized carbons (Fsp3) is 0.533. The fourth-order valence-electron chi connectivity index (χ4n) is 2.53. The fourth-order valence-corrected chi connectivity index (χ4v) is 2.75. The molecule has 1 N–H and O–H groups in total. The zero-order valence-corrected chi connectivity index (χ0v) is 11.3. The summed E-state index contributed by atoms with van der Waals surface area (Å²) in [7, 11) is 0. The topological polar surface area (TPSA) is 35.8 Å². The first-order chi connectivity index (χ1) is 8.79. The first-order valence-electron chi connectivity index (χ1n) is 6.76. The van der Waals surface area contributed by atoms with Gasteiger partial charge in [0.2, 0.25) is 0 Å². The van der Waals surface area contributed by atoms with Crippen molar-refractivity contribution in [3.05, 3.63) is 28.8 Å². The maximum Gasteiger partial charge on any atom is 0.101 e. The molecule has 0 spiro atoms. The van der Waals surface area contributed by atoms with Crippen molar-refractivity contribution in [2.75, 3.05) is 5.32 Å². The number of nitrogens with one attached hydrogen (secondary N) is 1. The molecule has 0 amide bonds. The Hall–Kier alpha value is -1.20. The van der Waals surface area contributed by atoms with Crippen LogP contribution in [0.2, 0.25) is 5.02 Å². The van der Waals surface area contributed by atoms with Crippen LogP contribution in [0.5, 0.6) is 0 Å². The van der Waals surface area contributed by atoms with Gasteiger partial charge in [0.1, 0.15) is 6.07 Å². The summed E-state index contributed by atoms with van der Waals surface area (Å²) in [4.78, 5) is 0. The van der Waals surface area contributed by atoms with E-state index in [1.807, 2.05) is 12.1 Å². The monoisotopic (exact) mass is 262 g/mol. The van der Waals surface area contributed by atoms with Crippen LogP contribution >= 0.6 is 11.6 Å². The molecular formula is C15H19ClN2. The van der Waals surface area contributed by atoms with E-state index in [0.717, 1.165) is 5.69 Å². The van der Waals surface area contributed by atoms with Crippen LogP contribution in [-0.4, -0.2) is 6.04 Å². The Kier molecular flexibility index (Phi) is 4.90. The van der Waals surface area contributed by atoms with Crippen LogP contribution in [-0.2, 0) is 0 Å². The van der Waals surface area contributed by atoms with E-state index in [4.69, 9.17) is 16.9 Å². The second kappa shape index (κ2) is 6.66. The molecule has 2 rings (SSSR count). The van der Waals surface area contributed by atoms with E-state index >= 15 is 0 Å². The van der Waals surface area contributed by atoms with Gasteiger partial charge in [0.15, 0.2) is 0 Å². The lowest BCUT2D eigenvalue weighted by atomic mass is 9.96. The number of hydrogen-bond donors (Lipinski definition) is 1. The van der Waals surface area contributed by atoms with Gasteiger partial charge >= 0.3 is 0 Å². The molecule has 1 aliphatic rings. The zero-order chi connectivity index (χ0) is 12.8. The number of rotatable bonds is 2. The van der Waals surface area contributed by atoms with E-state index in [0.29, 0.717) is 16.6 Å². The third-order valence-corrected chi connectivity index (χ3v) is 3.88. The molecule has 1 fully saturated rings. The highest BCUT2D eigenvalue weighted by Gasteiger charge is 2.11. The van der Waals surface area contributed by atoms with Gasteiger partial charge in [-0.25, -0.2) is 0 Å². The smallest absolute Gasteiger partial charge is 0.101 e. The molecule has 0 aromatic heterocycles. The van der Waals surface area contributed by atoms with Crippen LogP contribution in [0.4, 0.5) is 5.69 Å². The van der Waals surface area contributed by atoms with E-state index < -0.39 is 0 Å². The molecule has 1 saturated carbocycles. The molecule has 96 valence electrons. The Morgan fingerprint density at radius 2 is 1.78 bits per heavy atom. The summed E-state index contributed by atoms with van der Waals surface area (Å²) < 4.78 is 0. The molecule has 3 heteroatoms.